The van der Waals surface area contributed by atoms with Crippen molar-refractivity contribution in [1.82, 2.24) is 0 Å². The van der Waals surface area contributed by atoms with Gasteiger partial charge in [-0.25, -0.2) is 0 Å². The van der Waals surface area contributed by atoms with Crippen molar-refractivity contribution in [2.24, 2.45) is 0 Å². The molecule has 0 spiro atoms. The van der Waals surface area contributed by atoms with Gasteiger partial charge in [-0.15, -0.1) is 0 Å². The molecule has 0 unspecified atom stereocenters. The van der Waals surface area contributed by atoms with E-state index in [9.17, 15) is 0 Å². The van der Waals surface area contributed by atoms with Gasteiger partial charge in [0.25, 0.3) is 0 Å². The highest BCUT2D eigenvalue weighted by atomic mass is 16.5. The Morgan fingerprint density at radius 2 is 0.933 bits per heavy atom. The molecule has 0 N–H and O–H groups in total. The van der Waals surface area contributed by atoms with E-state index in [0.717, 1.165) is 36.5 Å². The minimum Gasteiger partial charge on any atom is -0.497 e. The molecular weight excluding hydrogens is 372 g/mol. The molecule has 0 aromatic heterocycles. The zero-order chi connectivity index (χ0) is 21.3. The van der Waals surface area contributed by atoms with E-state index < -0.39 is 0 Å². The molecule has 3 nitrogen and oxygen atoms in total. The first kappa shape index (κ1) is 21.5. The maximum atomic E-state index is 5.37. The lowest BCUT2D eigenvalue weighted by Crippen LogP contribution is -1.97. The van der Waals surface area contributed by atoms with Crippen LogP contribution in [0.5, 0.6) is 17.2 Å². The molecule has 0 aliphatic rings. The second-order valence-electron chi connectivity index (χ2n) is 7.14. The van der Waals surface area contributed by atoms with Gasteiger partial charge in [0, 0.05) is 0 Å². The summed E-state index contributed by atoms with van der Waals surface area (Å²) in [5, 5.41) is 0. The number of ether oxygens (including phenoxy) is 3. The van der Waals surface area contributed by atoms with Crippen LogP contribution in [0.1, 0.15) is 42.9 Å². The fourth-order valence-corrected chi connectivity index (χ4v) is 3.59. The molecule has 0 radical (unpaired) electrons. The zero-order valence-electron chi connectivity index (χ0n) is 18.3. The van der Waals surface area contributed by atoms with Crippen LogP contribution in [0.4, 0.5) is 0 Å². The molecule has 3 heteroatoms. The number of benzene rings is 3. The molecule has 0 saturated carbocycles. The van der Waals surface area contributed by atoms with E-state index in [4.69, 9.17) is 14.2 Å². The Balaban J connectivity index is 2.21. The number of hydrogen-bond acceptors (Lipinski definition) is 3. The summed E-state index contributed by atoms with van der Waals surface area (Å²) in [6.07, 6.45) is 3.26. The van der Waals surface area contributed by atoms with Crippen LogP contribution >= 0.6 is 0 Å². The van der Waals surface area contributed by atoms with Crippen molar-refractivity contribution in [2.45, 2.75) is 26.2 Å². The molecular formula is C27H30O3. The summed E-state index contributed by atoms with van der Waals surface area (Å²) in [7, 11) is 5.08. The Morgan fingerprint density at radius 1 is 0.567 bits per heavy atom. The molecule has 0 fully saturated rings. The number of rotatable bonds is 9. The Bertz CT molecular complexity index is 903. The number of hydrogen-bond donors (Lipinski definition) is 0. The van der Waals surface area contributed by atoms with E-state index in [2.05, 4.69) is 43.3 Å². The van der Waals surface area contributed by atoms with Crippen molar-refractivity contribution in [3.05, 3.63) is 89.5 Å². The van der Waals surface area contributed by atoms with Crippen LogP contribution in [-0.2, 0) is 0 Å². The van der Waals surface area contributed by atoms with E-state index in [1.807, 2.05) is 36.4 Å². The van der Waals surface area contributed by atoms with Crippen LogP contribution in [0.3, 0.4) is 0 Å². The van der Waals surface area contributed by atoms with Gasteiger partial charge in [-0.05, 0) is 77.1 Å². The van der Waals surface area contributed by atoms with Crippen molar-refractivity contribution >= 4 is 11.1 Å². The number of allylic oxidation sites excluding steroid dienone is 1. The van der Waals surface area contributed by atoms with Crippen molar-refractivity contribution in [2.75, 3.05) is 21.3 Å². The predicted octanol–water partition coefficient (Wildman–Crippen LogP) is 6.86. The van der Waals surface area contributed by atoms with Crippen molar-refractivity contribution in [3.63, 3.8) is 0 Å². The van der Waals surface area contributed by atoms with Gasteiger partial charge in [-0.3, -0.25) is 0 Å². The van der Waals surface area contributed by atoms with Crippen LogP contribution < -0.4 is 14.2 Å². The molecule has 0 aliphatic heterocycles. The van der Waals surface area contributed by atoms with Crippen molar-refractivity contribution < 1.29 is 14.2 Å². The molecule has 0 amide bonds. The largest absolute Gasteiger partial charge is 0.497 e. The molecule has 3 aromatic carbocycles. The van der Waals surface area contributed by atoms with Gasteiger partial charge in [0.05, 0.1) is 21.3 Å². The summed E-state index contributed by atoms with van der Waals surface area (Å²) in [4.78, 5) is 0. The monoisotopic (exact) mass is 402 g/mol. The van der Waals surface area contributed by atoms with E-state index >= 15 is 0 Å². The SMILES string of the molecule is CCCCC(=C(c1ccc(OC)cc1)c1ccc(OC)cc1)c1ccc(OC)cc1. The summed E-state index contributed by atoms with van der Waals surface area (Å²) in [5.41, 5.74) is 6.12. The van der Waals surface area contributed by atoms with Gasteiger partial charge in [-0.1, -0.05) is 49.7 Å². The van der Waals surface area contributed by atoms with Crippen LogP contribution in [0, 0.1) is 0 Å². The summed E-state index contributed by atoms with van der Waals surface area (Å²) >= 11 is 0. The Kier molecular flexibility index (Phi) is 7.56. The smallest absolute Gasteiger partial charge is 0.118 e. The minimum atomic E-state index is 0.854. The predicted molar refractivity (Wildman–Crippen MR) is 124 cm³/mol. The van der Waals surface area contributed by atoms with Gasteiger partial charge in [-0.2, -0.15) is 0 Å². The van der Waals surface area contributed by atoms with Crippen molar-refractivity contribution in [3.8, 4) is 17.2 Å². The lowest BCUT2D eigenvalue weighted by Gasteiger charge is -2.18. The van der Waals surface area contributed by atoms with Crippen LogP contribution in [0.15, 0.2) is 72.8 Å². The summed E-state index contributed by atoms with van der Waals surface area (Å²) < 4.78 is 16.1. The summed E-state index contributed by atoms with van der Waals surface area (Å²) in [6.45, 7) is 2.23. The fraction of sp³-hybridized carbons (Fsp3) is 0.259. The Hall–Kier alpha value is -3.20. The third kappa shape index (κ3) is 5.04. The highest BCUT2D eigenvalue weighted by Crippen LogP contribution is 2.37. The standard InChI is InChI=1S/C27H30O3/c1-5-6-7-26(20-8-14-23(28-2)15-9-20)27(21-10-16-24(29-3)17-11-21)22-12-18-25(30-4)19-13-22/h8-19H,5-7H2,1-4H3. The zero-order valence-corrected chi connectivity index (χ0v) is 18.3. The topological polar surface area (TPSA) is 27.7 Å². The average Bonchev–Trinajstić information content (AvgIpc) is 2.82. The summed E-state index contributed by atoms with van der Waals surface area (Å²) in [6, 6.07) is 25.0. The first-order valence-electron chi connectivity index (χ1n) is 10.4. The van der Waals surface area contributed by atoms with Crippen LogP contribution in [0.25, 0.3) is 11.1 Å². The van der Waals surface area contributed by atoms with Gasteiger partial charge < -0.3 is 14.2 Å². The first-order chi connectivity index (χ1) is 14.7. The second kappa shape index (κ2) is 10.5. The third-order valence-corrected chi connectivity index (χ3v) is 5.28. The van der Waals surface area contributed by atoms with Crippen molar-refractivity contribution in [1.29, 1.82) is 0 Å². The van der Waals surface area contributed by atoms with Gasteiger partial charge in [0.1, 0.15) is 17.2 Å². The molecule has 3 aromatic rings. The molecule has 3 rings (SSSR count). The normalized spacial score (nSPS) is 10.4. The second-order valence-corrected chi connectivity index (χ2v) is 7.14. The van der Waals surface area contributed by atoms with Crippen LogP contribution in [-0.4, -0.2) is 21.3 Å². The molecule has 0 aliphatic carbocycles. The molecule has 0 atom stereocenters. The molecule has 0 bridgehead atoms. The van der Waals surface area contributed by atoms with Gasteiger partial charge in [0.15, 0.2) is 0 Å². The van der Waals surface area contributed by atoms with E-state index in [0.29, 0.717) is 0 Å². The lowest BCUT2D eigenvalue weighted by atomic mass is 9.87. The maximum Gasteiger partial charge on any atom is 0.118 e. The highest BCUT2D eigenvalue weighted by Gasteiger charge is 2.15. The van der Waals surface area contributed by atoms with E-state index in [-0.39, 0.29) is 0 Å². The Morgan fingerprint density at radius 3 is 1.27 bits per heavy atom. The van der Waals surface area contributed by atoms with Gasteiger partial charge in [0.2, 0.25) is 0 Å². The highest BCUT2D eigenvalue weighted by molar-refractivity contribution is 5.98. The number of unbranched alkanes of at least 4 members (excludes halogenated alkanes) is 1. The minimum absolute atomic E-state index is 0.854. The quantitative estimate of drug-likeness (QED) is 0.366. The third-order valence-electron chi connectivity index (χ3n) is 5.28. The molecule has 0 saturated heterocycles. The fourth-order valence-electron chi connectivity index (χ4n) is 3.59. The van der Waals surface area contributed by atoms with Crippen LogP contribution in [0.2, 0.25) is 0 Å². The lowest BCUT2D eigenvalue weighted by molar-refractivity contribution is 0.414. The molecule has 30 heavy (non-hydrogen) atoms. The molecule has 0 heterocycles. The van der Waals surface area contributed by atoms with E-state index in [1.54, 1.807) is 21.3 Å². The number of methoxy groups -OCH3 is 3. The molecule has 156 valence electrons. The Labute approximate surface area is 179 Å². The van der Waals surface area contributed by atoms with Gasteiger partial charge >= 0.3 is 0 Å². The van der Waals surface area contributed by atoms with E-state index in [1.165, 1.54) is 27.8 Å². The average molecular weight is 403 g/mol. The maximum absolute atomic E-state index is 5.37. The first-order valence-corrected chi connectivity index (χ1v) is 10.4. The summed E-state index contributed by atoms with van der Waals surface area (Å²) in [5.74, 6) is 2.57.